The lowest BCUT2D eigenvalue weighted by molar-refractivity contribution is 0.471. The van der Waals surface area contributed by atoms with Gasteiger partial charge in [0.05, 0.1) is 11.0 Å². The van der Waals surface area contributed by atoms with Crippen LogP contribution in [0.3, 0.4) is 0 Å². The monoisotopic (exact) mass is 311 g/mol. The van der Waals surface area contributed by atoms with Crippen molar-refractivity contribution < 1.29 is 8.42 Å². The van der Waals surface area contributed by atoms with Crippen molar-refractivity contribution in [3.63, 3.8) is 0 Å². The van der Waals surface area contributed by atoms with E-state index >= 15 is 0 Å². The van der Waals surface area contributed by atoms with E-state index in [0.29, 0.717) is 0 Å². The van der Waals surface area contributed by atoms with Gasteiger partial charge in [-0.3, -0.25) is 0 Å². The quantitative estimate of drug-likeness (QED) is 0.800. The minimum atomic E-state index is -3.15. The Hall–Kier alpha value is -0.870. The number of hydrogen-bond acceptors (Lipinski definition) is 3. The van der Waals surface area contributed by atoms with Crippen LogP contribution in [0.4, 0.5) is 0 Å². The van der Waals surface area contributed by atoms with Gasteiger partial charge in [-0.05, 0) is 45.7 Å². The zero-order chi connectivity index (χ0) is 16.0. The first-order valence-corrected chi connectivity index (χ1v) is 9.53. The summed E-state index contributed by atoms with van der Waals surface area (Å²) in [5.74, 6) is 0.126. The van der Waals surface area contributed by atoms with Gasteiger partial charge in [-0.25, -0.2) is 8.42 Å². The predicted octanol–water partition coefficient (Wildman–Crippen LogP) is 3.38. The summed E-state index contributed by atoms with van der Waals surface area (Å²) < 4.78 is 25.3. The Bertz CT molecular complexity index is 532. The van der Waals surface area contributed by atoms with E-state index in [-0.39, 0.29) is 17.0 Å². The molecule has 1 N–H and O–H groups in total. The molecule has 0 bridgehead atoms. The number of sulfone groups is 1. The molecule has 0 fully saturated rings. The van der Waals surface area contributed by atoms with E-state index in [1.165, 1.54) is 0 Å². The van der Waals surface area contributed by atoms with Crippen molar-refractivity contribution in [3.05, 3.63) is 34.9 Å². The van der Waals surface area contributed by atoms with E-state index in [1.807, 2.05) is 39.8 Å². The van der Waals surface area contributed by atoms with Gasteiger partial charge in [0.15, 0.2) is 9.84 Å². The topological polar surface area (TPSA) is 46.2 Å². The Morgan fingerprint density at radius 2 is 1.67 bits per heavy atom. The average Bonchev–Trinajstić information content (AvgIpc) is 2.37. The molecule has 1 aromatic rings. The molecule has 0 aromatic heterocycles. The Balaban J connectivity index is 2.88. The molecule has 0 heterocycles. The van der Waals surface area contributed by atoms with Crippen LogP contribution in [-0.2, 0) is 15.6 Å². The molecule has 0 aliphatic rings. The van der Waals surface area contributed by atoms with E-state index < -0.39 is 9.84 Å². The third-order valence-corrected chi connectivity index (χ3v) is 6.08. The van der Waals surface area contributed by atoms with Gasteiger partial charge in [0, 0.05) is 6.04 Å². The van der Waals surface area contributed by atoms with Crippen LogP contribution in [0.5, 0.6) is 0 Å². The van der Waals surface area contributed by atoms with Crippen LogP contribution in [-0.4, -0.2) is 26.3 Å². The molecule has 0 aliphatic carbocycles. The summed E-state index contributed by atoms with van der Waals surface area (Å²) in [5.41, 5.74) is 3.12. The molecule has 0 radical (unpaired) electrons. The van der Waals surface area contributed by atoms with Crippen LogP contribution in [0, 0.1) is 13.8 Å². The van der Waals surface area contributed by atoms with Gasteiger partial charge in [0.25, 0.3) is 0 Å². The third-order valence-electron chi connectivity index (χ3n) is 3.88. The minimum absolute atomic E-state index is 0.0286. The summed E-state index contributed by atoms with van der Waals surface area (Å²) in [6, 6.07) is 6.04. The number of hydrogen-bond donors (Lipinski definition) is 1. The van der Waals surface area contributed by atoms with E-state index in [1.54, 1.807) is 0 Å². The minimum Gasteiger partial charge on any atom is -0.313 e. The Labute approximate surface area is 130 Å². The summed E-state index contributed by atoms with van der Waals surface area (Å²) in [6.07, 6.45) is 1.84. The molecule has 0 aliphatic heterocycles. The molecule has 3 nitrogen and oxygen atoms in total. The van der Waals surface area contributed by atoms with E-state index in [4.69, 9.17) is 0 Å². The fraction of sp³-hybridized carbons (Fsp3) is 0.647. The lowest BCUT2D eigenvalue weighted by Gasteiger charge is -2.24. The molecule has 0 saturated heterocycles. The van der Waals surface area contributed by atoms with Crippen molar-refractivity contribution in [2.24, 2.45) is 0 Å². The number of nitrogens with one attached hydrogen (secondary N) is 1. The Morgan fingerprint density at radius 1 is 1.10 bits per heavy atom. The molecule has 120 valence electrons. The maximum atomic E-state index is 12.6. The Morgan fingerprint density at radius 3 is 2.14 bits per heavy atom. The maximum absolute atomic E-state index is 12.6. The summed E-state index contributed by atoms with van der Waals surface area (Å²) >= 11 is 0. The van der Waals surface area contributed by atoms with Gasteiger partial charge >= 0.3 is 0 Å². The fourth-order valence-corrected chi connectivity index (χ4v) is 4.42. The third kappa shape index (κ3) is 5.44. The lowest BCUT2D eigenvalue weighted by Crippen LogP contribution is -2.42. The molecule has 0 amide bonds. The van der Waals surface area contributed by atoms with E-state index in [0.717, 1.165) is 36.1 Å². The number of aryl methyl sites for hydroxylation is 2. The molecule has 21 heavy (non-hydrogen) atoms. The highest BCUT2D eigenvalue weighted by atomic mass is 32.2. The first-order chi connectivity index (χ1) is 9.80. The first-order valence-electron chi connectivity index (χ1n) is 7.82. The van der Waals surface area contributed by atoms with Crippen molar-refractivity contribution in [3.8, 4) is 0 Å². The molecule has 1 rings (SSSR count). The molecule has 0 spiro atoms. The van der Waals surface area contributed by atoms with Gasteiger partial charge in [-0.2, -0.15) is 0 Å². The molecule has 1 aromatic carbocycles. The van der Waals surface area contributed by atoms with Gasteiger partial charge in [-0.15, -0.1) is 0 Å². The molecule has 0 saturated carbocycles. The molecular weight excluding hydrogens is 282 g/mol. The van der Waals surface area contributed by atoms with Crippen molar-refractivity contribution in [1.29, 1.82) is 0 Å². The highest BCUT2D eigenvalue weighted by molar-refractivity contribution is 7.91. The predicted molar refractivity (Wildman–Crippen MR) is 90.4 cm³/mol. The molecular formula is C17H29NO2S. The van der Waals surface area contributed by atoms with Gasteiger partial charge < -0.3 is 5.32 Å². The lowest BCUT2D eigenvalue weighted by atomic mass is 10.1. The van der Waals surface area contributed by atoms with Crippen LogP contribution in [0.1, 0.15) is 50.3 Å². The SMILES string of the molecule is CCCNC(CC)C(C)S(=O)(=O)Cc1cc(C)cc(C)c1. The van der Waals surface area contributed by atoms with Crippen LogP contribution in [0.2, 0.25) is 0 Å². The molecule has 2 unspecified atom stereocenters. The first kappa shape index (κ1) is 18.2. The van der Waals surface area contributed by atoms with Gasteiger partial charge in [0.2, 0.25) is 0 Å². The second-order valence-corrected chi connectivity index (χ2v) is 8.34. The molecule has 4 heteroatoms. The van der Waals surface area contributed by atoms with E-state index in [2.05, 4.69) is 18.3 Å². The van der Waals surface area contributed by atoms with Crippen LogP contribution < -0.4 is 5.32 Å². The normalized spacial score (nSPS) is 14.9. The molecule has 2 atom stereocenters. The van der Waals surface area contributed by atoms with Crippen molar-refractivity contribution in [1.82, 2.24) is 5.32 Å². The summed E-state index contributed by atoms with van der Waals surface area (Å²) in [6.45, 7) is 10.8. The highest BCUT2D eigenvalue weighted by Crippen LogP contribution is 2.18. The van der Waals surface area contributed by atoms with Gasteiger partial charge in [0.1, 0.15) is 0 Å². The zero-order valence-electron chi connectivity index (χ0n) is 13.9. The zero-order valence-corrected chi connectivity index (χ0v) is 14.8. The number of rotatable bonds is 8. The highest BCUT2D eigenvalue weighted by Gasteiger charge is 2.28. The summed E-state index contributed by atoms with van der Waals surface area (Å²) in [4.78, 5) is 0. The standard InChI is InChI=1S/C17H29NO2S/c1-6-8-18-17(7-2)15(5)21(19,20)12-16-10-13(3)9-14(4)11-16/h9-11,15,17-18H,6-8,12H2,1-5H3. The van der Waals surface area contributed by atoms with E-state index in [9.17, 15) is 8.42 Å². The van der Waals surface area contributed by atoms with Crippen molar-refractivity contribution in [2.75, 3.05) is 6.54 Å². The van der Waals surface area contributed by atoms with Crippen molar-refractivity contribution >= 4 is 9.84 Å². The second kappa shape index (κ2) is 7.95. The number of benzene rings is 1. The maximum Gasteiger partial charge on any atom is 0.158 e. The van der Waals surface area contributed by atoms with Gasteiger partial charge in [-0.1, -0.05) is 43.2 Å². The van der Waals surface area contributed by atoms with Crippen LogP contribution in [0.15, 0.2) is 18.2 Å². The Kier molecular flexibility index (Phi) is 6.88. The van der Waals surface area contributed by atoms with Crippen LogP contribution >= 0.6 is 0 Å². The summed E-state index contributed by atoms with van der Waals surface area (Å²) in [5, 5.41) is 2.99. The smallest absolute Gasteiger partial charge is 0.158 e. The van der Waals surface area contributed by atoms with Crippen molar-refractivity contribution in [2.45, 2.75) is 64.5 Å². The fourth-order valence-electron chi connectivity index (χ4n) is 2.74. The average molecular weight is 311 g/mol. The van der Waals surface area contributed by atoms with Crippen LogP contribution in [0.25, 0.3) is 0 Å². The second-order valence-electron chi connectivity index (χ2n) is 5.98. The largest absolute Gasteiger partial charge is 0.313 e. The summed E-state index contributed by atoms with van der Waals surface area (Å²) in [7, 11) is -3.15.